The molecular formula is C26H36NNaO4. The van der Waals surface area contributed by atoms with Crippen molar-refractivity contribution in [2.24, 2.45) is 7.05 Å². The van der Waals surface area contributed by atoms with Gasteiger partial charge in [0.25, 0.3) is 0 Å². The van der Waals surface area contributed by atoms with E-state index in [-0.39, 0.29) is 41.8 Å². The van der Waals surface area contributed by atoms with Gasteiger partial charge in [0.15, 0.2) is 5.78 Å². The van der Waals surface area contributed by atoms with Crippen molar-refractivity contribution in [1.82, 2.24) is 4.57 Å². The SMILES string of the molecule is CCCCCCCCOc1ccc(C(=O)c2cc(CCCC(=O)[O-])n(C)c2CC)cc1.[Na+]. The summed E-state index contributed by atoms with van der Waals surface area (Å²) >= 11 is 0. The standard InChI is InChI=1S/C26H37NO4.Na/c1-4-6-7-8-9-10-18-31-22-16-14-20(15-17-22)26(30)23-19-21(12-11-13-25(28)29)27(3)24(23)5-2;/h14-17,19H,4-13,18H2,1-3H3,(H,28,29);/q;+1/p-1. The van der Waals surface area contributed by atoms with Crippen LogP contribution in [0.1, 0.15) is 92.5 Å². The Labute approximate surface area is 214 Å². The molecule has 0 fully saturated rings. The third-order valence-corrected chi connectivity index (χ3v) is 5.73. The topological polar surface area (TPSA) is 71.4 Å². The first-order chi connectivity index (χ1) is 15.0. The second-order valence-corrected chi connectivity index (χ2v) is 8.10. The number of carbonyl (C=O) groups is 2. The number of rotatable bonds is 15. The second-order valence-electron chi connectivity index (χ2n) is 8.10. The van der Waals surface area contributed by atoms with Crippen LogP contribution >= 0.6 is 0 Å². The summed E-state index contributed by atoms with van der Waals surface area (Å²) in [6, 6.07) is 9.26. The van der Waals surface area contributed by atoms with E-state index in [4.69, 9.17) is 4.74 Å². The zero-order valence-corrected chi connectivity index (χ0v) is 22.2. The van der Waals surface area contributed by atoms with Gasteiger partial charge < -0.3 is 19.2 Å². The monoisotopic (exact) mass is 449 g/mol. The van der Waals surface area contributed by atoms with Crippen molar-refractivity contribution in [2.45, 2.75) is 78.1 Å². The molecule has 1 heterocycles. The third kappa shape index (κ3) is 8.76. The first-order valence-electron chi connectivity index (χ1n) is 11.6. The van der Waals surface area contributed by atoms with Crippen LogP contribution in [0.5, 0.6) is 5.75 Å². The van der Waals surface area contributed by atoms with E-state index in [1.54, 1.807) is 0 Å². The van der Waals surface area contributed by atoms with Gasteiger partial charge in [-0.1, -0.05) is 46.0 Å². The molecule has 1 aromatic heterocycles. The van der Waals surface area contributed by atoms with E-state index >= 15 is 0 Å². The van der Waals surface area contributed by atoms with Gasteiger partial charge in [-0.15, -0.1) is 0 Å². The van der Waals surface area contributed by atoms with Crippen LogP contribution in [-0.4, -0.2) is 22.9 Å². The van der Waals surface area contributed by atoms with Crippen LogP contribution in [0.15, 0.2) is 30.3 Å². The van der Waals surface area contributed by atoms with E-state index in [1.807, 2.05) is 48.9 Å². The van der Waals surface area contributed by atoms with Gasteiger partial charge in [0.2, 0.25) is 0 Å². The minimum absolute atomic E-state index is 0. The molecule has 0 aliphatic rings. The molecule has 0 saturated heterocycles. The Bertz CT molecular complexity index is 842. The minimum atomic E-state index is -1.04. The summed E-state index contributed by atoms with van der Waals surface area (Å²) in [5.74, 6) is -0.266. The Hall–Kier alpha value is -1.56. The van der Waals surface area contributed by atoms with E-state index in [0.717, 1.165) is 30.0 Å². The number of aryl methyl sites for hydroxylation is 1. The number of hydrogen-bond acceptors (Lipinski definition) is 4. The third-order valence-electron chi connectivity index (χ3n) is 5.73. The van der Waals surface area contributed by atoms with Crippen LogP contribution in [0.3, 0.4) is 0 Å². The molecule has 1 aromatic carbocycles. The maximum absolute atomic E-state index is 13.1. The summed E-state index contributed by atoms with van der Waals surface area (Å²) in [5.41, 5.74) is 3.26. The fourth-order valence-corrected chi connectivity index (χ4v) is 3.91. The van der Waals surface area contributed by atoms with Crippen LogP contribution in [0, 0.1) is 0 Å². The van der Waals surface area contributed by atoms with E-state index in [2.05, 4.69) is 6.92 Å². The Morgan fingerprint density at radius 2 is 1.62 bits per heavy atom. The van der Waals surface area contributed by atoms with E-state index in [0.29, 0.717) is 30.6 Å². The number of aliphatic carboxylic acids is 1. The van der Waals surface area contributed by atoms with Crippen LogP contribution in [0.25, 0.3) is 0 Å². The number of carboxylic acids is 1. The molecule has 6 heteroatoms. The molecule has 0 spiro atoms. The van der Waals surface area contributed by atoms with Crippen molar-refractivity contribution in [3.05, 3.63) is 52.8 Å². The predicted octanol–water partition coefficient (Wildman–Crippen LogP) is 1.63. The fourth-order valence-electron chi connectivity index (χ4n) is 3.91. The average molecular weight is 450 g/mol. The molecule has 2 aromatic rings. The maximum atomic E-state index is 13.1. The maximum Gasteiger partial charge on any atom is 1.00 e. The molecule has 32 heavy (non-hydrogen) atoms. The first kappa shape index (κ1) is 28.5. The van der Waals surface area contributed by atoms with Crippen molar-refractivity contribution in [3.8, 4) is 5.75 Å². The Morgan fingerprint density at radius 1 is 0.969 bits per heavy atom. The molecule has 0 aliphatic heterocycles. The largest absolute Gasteiger partial charge is 1.00 e. The molecule has 0 aliphatic carbocycles. The zero-order valence-electron chi connectivity index (χ0n) is 20.2. The first-order valence-corrected chi connectivity index (χ1v) is 11.6. The van der Waals surface area contributed by atoms with E-state index < -0.39 is 5.97 Å². The van der Waals surface area contributed by atoms with Gasteiger partial charge in [-0.25, -0.2) is 0 Å². The van der Waals surface area contributed by atoms with Crippen molar-refractivity contribution in [3.63, 3.8) is 0 Å². The van der Waals surface area contributed by atoms with Gasteiger partial charge in [-0.05, 0) is 62.4 Å². The second kappa shape index (κ2) is 15.3. The number of carbonyl (C=O) groups excluding carboxylic acids is 2. The van der Waals surface area contributed by atoms with Crippen LogP contribution in [0.2, 0.25) is 0 Å². The molecule has 0 unspecified atom stereocenters. The molecule has 0 N–H and O–H groups in total. The zero-order chi connectivity index (χ0) is 22.6. The van der Waals surface area contributed by atoms with E-state index in [1.165, 1.54) is 32.1 Å². The Balaban J connectivity index is 0.00000512. The fraction of sp³-hybridized carbons (Fsp3) is 0.538. The van der Waals surface area contributed by atoms with Gasteiger partial charge in [-0.3, -0.25) is 4.79 Å². The molecule has 5 nitrogen and oxygen atoms in total. The number of unbranched alkanes of at least 4 members (excludes halogenated alkanes) is 5. The van der Waals surface area contributed by atoms with Crippen molar-refractivity contribution in [2.75, 3.05) is 6.61 Å². The predicted molar refractivity (Wildman–Crippen MR) is 121 cm³/mol. The molecule has 0 saturated carbocycles. The van der Waals surface area contributed by atoms with Gasteiger partial charge in [-0.2, -0.15) is 0 Å². The Kier molecular flexibility index (Phi) is 13.6. The van der Waals surface area contributed by atoms with E-state index in [9.17, 15) is 14.7 Å². The normalized spacial score (nSPS) is 10.6. The van der Waals surface area contributed by atoms with Gasteiger partial charge in [0.05, 0.1) is 6.61 Å². The summed E-state index contributed by atoms with van der Waals surface area (Å²) < 4.78 is 7.83. The molecule has 0 atom stereocenters. The van der Waals surface area contributed by atoms with Crippen LogP contribution in [-0.2, 0) is 24.7 Å². The van der Waals surface area contributed by atoms with Gasteiger partial charge in [0.1, 0.15) is 5.75 Å². The Morgan fingerprint density at radius 3 is 2.25 bits per heavy atom. The number of benzene rings is 1. The molecule has 0 radical (unpaired) electrons. The van der Waals surface area contributed by atoms with Gasteiger partial charge in [0, 0.05) is 35.5 Å². The summed E-state index contributed by atoms with van der Waals surface area (Å²) in [6.45, 7) is 4.95. The number of aromatic nitrogens is 1. The number of carboxylic acid groups (broad SMARTS) is 1. The number of ether oxygens (including phenoxy) is 1. The molecular weight excluding hydrogens is 413 g/mol. The summed E-state index contributed by atoms with van der Waals surface area (Å²) in [4.78, 5) is 23.8. The molecule has 2 rings (SSSR count). The number of nitrogens with zero attached hydrogens (tertiary/aromatic N) is 1. The number of ketones is 1. The number of hydrogen-bond donors (Lipinski definition) is 0. The summed E-state index contributed by atoms with van der Waals surface area (Å²) in [5, 5.41) is 10.7. The minimum Gasteiger partial charge on any atom is -0.550 e. The van der Waals surface area contributed by atoms with Crippen molar-refractivity contribution < 1.29 is 49.0 Å². The molecule has 0 amide bonds. The average Bonchev–Trinajstić information content (AvgIpc) is 3.08. The van der Waals surface area contributed by atoms with Crippen molar-refractivity contribution in [1.29, 1.82) is 0 Å². The van der Waals surface area contributed by atoms with Crippen LogP contribution in [0.4, 0.5) is 0 Å². The molecule has 170 valence electrons. The van der Waals surface area contributed by atoms with Crippen LogP contribution < -0.4 is 39.4 Å². The van der Waals surface area contributed by atoms with Gasteiger partial charge >= 0.3 is 29.6 Å². The van der Waals surface area contributed by atoms with Crippen molar-refractivity contribution >= 4 is 11.8 Å². The molecule has 0 bridgehead atoms. The summed E-state index contributed by atoms with van der Waals surface area (Å²) in [7, 11) is 1.93. The smallest absolute Gasteiger partial charge is 0.550 e. The quantitative estimate of drug-likeness (QED) is 0.235. The summed E-state index contributed by atoms with van der Waals surface area (Å²) in [6.07, 6.45) is 9.23.